The van der Waals surface area contributed by atoms with Gasteiger partial charge in [-0.15, -0.1) is 0 Å². The van der Waals surface area contributed by atoms with Gasteiger partial charge in [0, 0.05) is 29.7 Å². The maximum Gasteiger partial charge on any atom is 0.227 e. The van der Waals surface area contributed by atoms with Crippen molar-refractivity contribution in [1.82, 2.24) is 9.88 Å². The number of fused-ring (bicyclic) bond motifs is 1. The summed E-state index contributed by atoms with van der Waals surface area (Å²) in [4.78, 5) is 17.5. The lowest BCUT2D eigenvalue weighted by molar-refractivity contribution is -0.130. The second-order valence-electron chi connectivity index (χ2n) is 6.20. The monoisotopic (exact) mass is 335 g/mol. The summed E-state index contributed by atoms with van der Waals surface area (Å²) in [6, 6.07) is 5.68. The molecule has 0 bridgehead atoms. The number of nitrogens with two attached hydrogens (primary N) is 1. The Morgan fingerprint density at radius 1 is 1.43 bits per heavy atom. The number of carbonyl (C=O) groups is 1. The third-order valence-corrected chi connectivity index (χ3v) is 5.32. The molecule has 1 saturated heterocycles. The molecule has 1 fully saturated rings. The molecule has 1 aromatic heterocycles. The van der Waals surface area contributed by atoms with Crippen LogP contribution in [0.5, 0.6) is 0 Å². The molecule has 0 radical (unpaired) electrons. The molecule has 23 heavy (non-hydrogen) atoms. The van der Waals surface area contributed by atoms with Gasteiger partial charge in [0.05, 0.1) is 12.2 Å². The first-order valence-corrected chi connectivity index (χ1v) is 9.42. The summed E-state index contributed by atoms with van der Waals surface area (Å²) in [5, 5.41) is 6.18. The molecular weight excluding hydrogens is 314 g/mol. The van der Waals surface area contributed by atoms with Gasteiger partial charge in [0.1, 0.15) is 0 Å². The van der Waals surface area contributed by atoms with Gasteiger partial charge in [-0.3, -0.25) is 4.79 Å². The number of benzene rings is 1. The Hall–Kier alpha value is -1.86. The average molecular weight is 335 g/mol. The number of aromatic nitrogens is 1. The van der Waals surface area contributed by atoms with Gasteiger partial charge < -0.3 is 9.88 Å². The molecule has 6 nitrogen and oxygen atoms in total. The maximum absolute atomic E-state index is 12.6. The predicted molar refractivity (Wildman–Crippen MR) is 89.4 cm³/mol. The highest BCUT2D eigenvalue weighted by Crippen LogP contribution is 2.24. The van der Waals surface area contributed by atoms with Crippen LogP contribution in [0.25, 0.3) is 10.9 Å². The lowest BCUT2D eigenvalue weighted by atomic mass is 10.1. The number of H-pyrrole nitrogens is 1. The summed E-state index contributed by atoms with van der Waals surface area (Å²) < 4.78 is 22.6. The molecule has 0 saturated carbocycles. The topological polar surface area (TPSA) is 96.3 Å². The molecular formula is C16H21N3O3S. The summed E-state index contributed by atoms with van der Waals surface area (Å²) in [7, 11) is -3.58. The van der Waals surface area contributed by atoms with Gasteiger partial charge in [0.25, 0.3) is 0 Å². The Labute approximate surface area is 135 Å². The minimum absolute atomic E-state index is 0.0430. The molecule has 2 heterocycles. The molecule has 1 amide bonds. The fraction of sp³-hybridized carbons (Fsp3) is 0.438. The van der Waals surface area contributed by atoms with E-state index in [-0.39, 0.29) is 24.1 Å². The van der Waals surface area contributed by atoms with Crippen LogP contribution in [-0.4, -0.2) is 42.5 Å². The lowest BCUT2D eigenvalue weighted by Crippen LogP contribution is -2.41. The van der Waals surface area contributed by atoms with Crippen molar-refractivity contribution < 1.29 is 13.2 Å². The highest BCUT2D eigenvalue weighted by Gasteiger charge is 2.31. The second-order valence-corrected chi connectivity index (χ2v) is 7.86. The van der Waals surface area contributed by atoms with E-state index in [4.69, 9.17) is 5.14 Å². The quantitative estimate of drug-likeness (QED) is 0.881. The van der Waals surface area contributed by atoms with Crippen LogP contribution >= 0.6 is 0 Å². The molecule has 2 aromatic rings. The number of aryl methyl sites for hydroxylation is 1. The lowest BCUT2D eigenvalue weighted by Gasteiger charge is -2.24. The number of para-hydroxylation sites is 1. The number of sulfonamides is 1. The molecule has 0 spiro atoms. The minimum Gasteiger partial charge on any atom is -0.361 e. The SMILES string of the molecule is Cc1cccc2c(CC(=O)N3CCCC3CS(N)(=O)=O)c[nH]c12. The number of amides is 1. The van der Waals surface area contributed by atoms with Crippen molar-refractivity contribution in [1.29, 1.82) is 0 Å². The van der Waals surface area contributed by atoms with Crippen LogP contribution in [0, 0.1) is 6.92 Å². The molecule has 1 aliphatic heterocycles. The van der Waals surface area contributed by atoms with Crippen molar-refractivity contribution in [2.45, 2.75) is 32.2 Å². The van der Waals surface area contributed by atoms with Crippen LogP contribution in [0.4, 0.5) is 0 Å². The zero-order chi connectivity index (χ0) is 16.6. The molecule has 1 aliphatic rings. The van der Waals surface area contributed by atoms with E-state index in [0.717, 1.165) is 28.5 Å². The molecule has 124 valence electrons. The Morgan fingerprint density at radius 3 is 2.96 bits per heavy atom. The van der Waals surface area contributed by atoms with Gasteiger partial charge in [0.2, 0.25) is 15.9 Å². The molecule has 1 aromatic carbocycles. The van der Waals surface area contributed by atoms with Crippen molar-refractivity contribution in [2.75, 3.05) is 12.3 Å². The van der Waals surface area contributed by atoms with E-state index in [1.165, 1.54) is 0 Å². The number of hydrogen-bond donors (Lipinski definition) is 2. The fourth-order valence-electron chi connectivity index (χ4n) is 3.38. The number of nitrogens with one attached hydrogen (secondary N) is 1. The highest BCUT2D eigenvalue weighted by atomic mass is 32.2. The van der Waals surface area contributed by atoms with Gasteiger partial charge in [-0.1, -0.05) is 18.2 Å². The fourth-order valence-corrected chi connectivity index (χ4v) is 4.26. The van der Waals surface area contributed by atoms with Crippen molar-refractivity contribution in [3.63, 3.8) is 0 Å². The molecule has 7 heteroatoms. The molecule has 1 atom stereocenters. The van der Waals surface area contributed by atoms with Crippen LogP contribution < -0.4 is 5.14 Å². The van der Waals surface area contributed by atoms with Gasteiger partial charge in [0.15, 0.2) is 0 Å². The smallest absolute Gasteiger partial charge is 0.227 e. The molecule has 3 rings (SSSR count). The number of hydrogen-bond acceptors (Lipinski definition) is 3. The van der Waals surface area contributed by atoms with Gasteiger partial charge in [-0.2, -0.15) is 0 Å². The normalized spacial score (nSPS) is 18.7. The van der Waals surface area contributed by atoms with Crippen LogP contribution in [0.2, 0.25) is 0 Å². The zero-order valence-electron chi connectivity index (χ0n) is 13.1. The van der Waals surface area contributed by atoms with E-state index in [1.54, 1.807) is 4.90 Å². The zero-order valence-corrected chi connectivity index (χ0v) is 13.9. The van der Waals surface area contributed by atoms with E-state index in [1.807, 2.05) is 31.3 Å². The van der Waals surface area contributed by atoms with E-state index < -0.39 is 10.0 Å². The minimum atomic E-state index is -3.58. The standard InChI is InChI=1S/C16H21N3O3S/c1-11-4-2-6-14-12(9-18-16(11)14)8-15(20)19-7-3-5-13(19)10-23(17,21)22/h2,4,6,9,13,18H,3,5,7-8,10H2,1H3,(H2,17,21,22). The summed E-state index contributed by atoms with van der Waals surface area (Å²) in [6.45, 7) is 2.62. The number of aromatic amines is 1. The Balaban J connectivity index is 1.79. The van der Waals surface area contributed by atoms with Crippen molar-refractivity contribution in [2.24, 2.45) is 5.14 Å². The average Bonchev–Trinajstić information content (AvgIpc) is 3.05. The third kappa shape index (κ3) is 3.40. The Bertz CT molecular complexity index is 841. The van der Waals surface area contributed by atoms with Crippen LogP contribution in [0.1, 0.15) is 24.0 Å². The van der Waals surface area contributed by atoms with E-state index >= 15 is 0 Å². The summed E-state index contributed by atoms with van der Waals surface area (Å²) in [5.74, 6) is -0.204. The van der Waals surface area contributed by atoms with Crippen molar-refractivity contribution in [3.8, 4) is 0 Å². The molecule has 1 unspecified atom stereocenters. The van der Waals surface area contributed by atoms with Crippen molar-refractivity contribution in [3.05, 3.63) is 35.5 Å². The van der Waals surface area contributed by atoms with Gasteiger partial charge in [-0.25, -0.2) is 13.6 Å². The number of likely N-dealkylation sites (tertiary alicyclic amines) is 1. The van der Waals surface area contributed by atoms with Crippen LogP contribution in [0.3, 0.4) is 0 Å². The summed E-state index contributed by atoms with van der Waals surface area (Å²) in [5.41, 5.74) is 3.11. The van der Waals surface area contributed by atoms with E-state index in [9.17, 15) is 13.2 Å². The Morgan fingerprint density at radius 2 is 2.22 bits per heavy atom. The van der Waals surface area contributed by atoms with Gasteiger partial charge in [-0.05, 0) is 30.9 Å². The first kappa shape index (κ1) is 16.0. The second kappa shape index (κ2) is 5.98. The Kier molecular flexibility index (Phi) is 4.16. The highest BCUT2D eigenvalue weighted by molar-refractivity contribution is 7.89. The van der Waals surface area contributed by atoms with E-state index in [2.05, 4.69) is 4.98 Å². The molecule has 3 N–H and O–H groups in total. The first-order valence-electron chi connectivity index (χ1n) is 7.70. The van der Waals surface area contributed by atoms with Crippen molar-refractivity contribution >= 4 is 26.8 Å². The maximum atomic E-state index is 12.6. The van der Waals surface area contributed by atoms with Crippen LogP contribution in [-0.2, 0) is 21.2 Å². The third-order valence-electron chi connectivity index (χ3n) is 4.47. The van der Waals surface area contributed by atoms with Gasteiger partial charge >= 0.3 is 0 Å². The largest absolute Gasteiger partial charge is 0.361 e. The molecule has 0 aliphatic carbocycles. The first-order chi connectivity index (χ1) is 10.8. The summed E-state index contributed by atoms with van der Waals surface area (Å²) in [6.07, 6.45) is 3.64. The summed E-state index contributed by atoms with van der Waals surface area (Å²) >= 11 is 0. The number of primary sulfonamides is 1. The number of carbonyl (C=O) groups excluding carboxylic acids is 1. The number of rotatable bonds is 4. The van der Waals surface area contributed by atoms with E-state index in [0.29, 0.717) is 13.0 Å². The number of nitrogens with zero attached hydrogens (tertiary/aromatic N) is 1. The predicted octanol–water partition coefficient (Wildman–Crippen LogP) is 1.30. The van der Waals surface area contributed by atoms with Crippen LogP contribution in [0.15, 0.2) is 24.4 Å².